The fourth-order valence-electron chi connectivity index (χ4n) is 0.733. The van der Waals surface area contributed by atoms with Crippen molar-refractivity contribution in [1.29, 1.82) is 0 Å². The van der Waals surface area contributed by atoms with Crippen molar-refractivity contribution in [2.45, 2.75) is 33.2 Å². The van der Waals surface area contributed by atoms with E-state index in [9.17, 15) is 0 Å². The number of hydrogen-bond donors (Lipinski definition) is 2. The molecule has 0 aromatic heterocycles. The Kier molecular flexibility index (Phi) is 3.91. The molecule has 0 amide bonds. The number of nitrogens with one attached hydrogen (secondary N) is 1. The first-order valence-electron chi connectivity index (χ1n) is 3.88. The minimum atomic E-state index is 0.247. The van der Waals surface area contributed by atoms with Crippen molar-refractivity contribution in [2.75, 3.05) is 13.6 Å². The average Bonchev–Trinajstić information content (AvgIpc) is 1.80. The standard InChI is InChI=1S/C8H20N2/c1-8(2,3)7(9)5-6-10-4/h7,10H,5-6,9H2,1-4H3. The highest BCUT2D eigenvalue weighted by Crippen LogP contribution is 2.18. The van der Waals surface area contributed by atoms with Gasteiger partial charge in [0.25, 0.3) is 0 Å². The molecule has 1 unspecified atom stereocenters. The summed E-state index contributed by atoms with van der Waals surface area (Å²) in [5.41, 5.74) is 6.14. The third-order valence-electron chi connectivity index (χ3n) is 1.82. The van der Waals surface area contributed by atoms with Gasteiger partial charge in [-0.15, -0.1) is 0 Å². The molecular formula is C8H20N2. The summed E-state index contributed by atoms with van der Waals surface area (Å²) in [6.45, 7) is 7.53. The molecule has 2 nitrogen and oxygen atoms in total. The van der Waals surface area contributed by atoms with Gasteiger partial charge in [-0.3, -0.25) is 0 Å². The lowest BCUT2D eigenvalue weighted by Gasteiger charge is -2.26. The van der Waals surface area contributed by atoms with Gasteiger partial charge in [0, 0.05) is 6.04 Å². The van der Waals surface area contributed by atoms with E-state index in [1.807, 2.05) is 7.05 Å². The fraction of sp³-hybridized carbons (Fsp3) is 1.00. The molecule has 0 aliphatic rings. The van der Waals surface area contributed by atoms with Crippen LogP contribution in [0.15, 0.2) is 0 Å². The second-order valence-corrected chi connectivity index (χ2v) is 3.86. The molecule has 2 heteroatoms. The predicted octanol–water partition coefficient (Wildman–Crippen LogP) is 0.969. The average molecular weight is 144 g/mol. The molecule has 0 aliphatic carbocycles. The molecule has 3 N–H and O–H groups in total. The van der Waals surface area contributed by atoms with E-state index in [1.165, 1.54) is 0 Å². The van der Waals surface area contributed by atoms with Crippen molar-refractivity contribution in [3.05, 3.63) is 0 Å². The van der Waals surface area contributed by atoms with Gasteiger partial charge < -0.3 is 11.1 Å². The Balaban J connectivity index is 3.52. The molecular weight excluding hydrogens is 124 g/mol. The lowest BCUT2D eigenvalue weighted by Crippen LogP contribution is -2.37. The Morgan fingerprint density at radius 2 is 1.90 bits per heavy atom. The van der Waals surface area contributed by atoms with Gasteiger partial charge in [0.05, 0.1) is 0 Å². The van der Waals surface area contributed by atoms with Crippen molar-refractivity contribution in [3.8, 4) is 0 Å². The molecule has 0 bridgehead atoms. The van der Waals surface area contributed by atoms with E-state index in [0.717, 1.165) is 13.0 Å². The summed E-state index contributed by atoms with van der Waals surface area (Å²) in [5.74, 6) is 0. The van der Waals surface area contributed by atoms with E-state index in [2.05, 4.69) is 26.1 Å². The zero-order valence-electron chi connectivity index (χ0n) is 7.57. The fourth-order valence-corrected chi connectivity index (χ4v) is 0.733. The highest BCUT2D eigenvalue weighted by atomic mass is 14.8. The molecule has 10 heavy (non-hydrogen) atoms. The molecule has 0 fully saturated rings. The van der Waals surface area contributed by atoms with Crippen LogP contribution in [-0.4, -0.2) is 19.6 Å². The minimum absolute atomic E-state index is 0.247. The summed E-state index contributed by atoms with van der Waals surface area (Å²) >= 11 is 0. The minimum Gasteiger partial charge on any atom is -0.327 e. The Morgan fingerprint density at radius 1 is 1.40 bits per heavy atom. The van der Waals surface area contributed by atoms with Gasteiger partial charge in [-0.05, 0) is 25.4 Å². The molecule has 0 aromatic carbocycles. The molecule has 0 radical (unpaired) electrons. The zero-order valence-corrected chi connectivity index (χ0v) is 7.57. The summed E-state index contributed by atoms with van der Waals surface area (Å²) in [4.78, 5) is 0. The monoisotopic (exact) mass is 144 g/mol. The molecule has 0 rings (SSSR count). The van der Waals surface area contributed by atoms with E-state index in [-0.39, 0.29) is 5.41 Å². The van der Waals surface area contributed by atoms with Crippen molar-refractivity contribution in [2.24, 2.45) is 11.1 Å². The van der Waals surface area contributed by atoms with Crippen molar-refractivity contribution < 1.29 is 0 Å². The first-order valence-corrected chi connectivity index (χ1v) is 3.88. The molecule has 0 aliphatic heterocycles. The van der Waals surface area contributed by atoms with Crippen LogP contribution in [0.3, 0.4) is 0 Å². The molecule has 0 heterocycles. The van der Waals surface area contributed by atoms with Gasteiger partial charge in [0.1, 0.15) is 0 Å². The highest BCUT2D eigenvalue weighted by Gasteiger charge is 2.19. The van der Waals surface area contributed by atoms with E-state index < -0.39 is 0 Å². The first kappa shape index (κ1) is 9.92. The largest absolute Gasteiger partial charge is 0.327 e. The van der Waals surface area contributed by atoms with Crippen LogP contribution >= 0.6 is 0 Å². The third kappa shape index (κ3) is 3.85. The Hall–Kier alpha value is -0.0800. The van der Waals surface area contributed by atoms with Gasteiger partial charge in [-0.25, -0.2) is 0 Å². The second kappa shape index (κ2) is 3.94. The van der Waals surface area contributed by atoms with E-state index in [4.69, 9.17) is 5.73 Å². The van der Waals surface area contributed by atoms with Crippen molar-refractivity contribution >= 4 is 0 Å². The molecule has 0 saturated heterocycles. The normalized spacial score (nSPS) is 15.3. The van der Waals surface area contributed by atoms with E-state index in [0.29, 0.717) is 6.04 Å². The van der Waals surface area contributed by atoms with Crippen molar-refractivity contribution in [1.82, 2.24) is 5.32 Å². The van der Waals surface area contributed by atoms with Gasteiger partial charge in [0.2, 0.25) is 0 Å². The van der Waals surface area contributed by atoms with Crippen LogP contribution in [0.1, 0.15) is 27.2 Å². The van der Waals surface area contributed by atoms with Crippen LogP contribution in [0.2, 0.25) is 0 Å². The highest BCUT2D eigenvalue weighted by molar-refractivity contribution is 4.76. The van der Waals surface area contributed by atoms with Crippen LogP contribution in [0.4, 0.5) is 0 Å². The van der Waals surface area contributed by atoms with Gasteiger partial charge in [-0.2, -0.15) is 0 Å². The third-order valence-corrected chi connectivity index (χ3v) is 1.82. The van der Waals surface area contributed by atoms with Crippen LogP contribution in [0.25, 0.3) is 0 Å². The Labute approximate surface area is 64.2 Å². The number of hydrogen-bond acceptors (Lipinski definition) is 2. The van der Waals surface area contributed by atoms with E-state index in [1.54, 1.807) is 0 Å². The summed E-state index contributed by atoms with van der Waals surface area (Å²) in [5, 5.41) is 3.09. The molecule has 62 valence electrons. The predicted molar refractivity (Wildman–Crippen MR) is 46.0 cm³/mol. The van der Waals surface area contributed by atoms with Gasteiger partial charge in [0.15, 0.2) is 0 Å². The maximum Gasteiger partial charge on any atom is 0.00997 e. The summed E-state index contributed by atoms with van der Waals surface area (Å²) in [6, 6.07) is 0.306. The maximum atomic E-state index is 5.90. The van der Waals surface area contributed by atoms with Crippen LogP contribution in [0.5, 0.6) is 0 Å². The molecule has 1 atom stereocenters. The summed E-state index contributed by atoms with van der Waals surface area (Å²) < 4.78 is 0. The van der Waals surface area contributed by atoms with Crippen LogP contribution in [0, 0.1) is 5.41 Å². The maximum absolute atomic E-state index is 5.90. The lowest BCUT2D eigenvalue weighted by atomic mass is 9.85. The van der Waals surface area contributed by atoms with Crippen molar-refractivity contribution in [3.63, 3.8) is 0 Å². The first-order chi connectivity index (χ1) is 4.48. The van der Waals surface area contributed by atoms with Gasteiger partial charge in [-0.1, -0.05) is 20.8 Å². The number of rotatable bonds is 3. The lowest BCUT2D eigenvalue weighted by molar-refractivity contribution is 0.304. The van der Waals surface area contributed by atoms with Gasteiger partial charge >= 0.3 is 0 Å². The number of nitrogens with two attached hydrogens (primary N) is 1. The summed E-state index contributed by atoms with van der Waals surface area (Å²) in [7, 11) is 1.95. The topological polar surface area (TPSA) is 38.0 Å². The molecule has 0 saturated carbocycles. The van der Waals surface area contributed by atoms with Crippen LogP contribution < -0.4 is 11.1 Å². The SMILES string of the molecule is CNCCC(N)C(C)(C)C. The molecule has 0 spiro atoms. The van der Waals surface area contributed by atoms with Crippen LogP contribution in [-0.2, 0) is 0 Å². The van der Waals surface area contributed by atoms with E-state index >= 15 is 0 Å². The summed E-state index contributed by atoms with van der Waals surface area (Å²) in [6.07, 6.45) is 1.06. The smallest absolute Gasteiger partial charge is 0.00997 e. The molecule has 0 aromatic rings. The zero-order chi connectivity index (χ0) is 8.20. The quantitative estimate of drug-likeness (QED) is 0.619. The second-order valence-electron chi connectivity index (χ2n) is 3.86. The Bertz CT molecular complexity index is 83.7. The Morgan fingerprint density at radius 3 is 2.20 bits per heavy atom.